The van der Waals surface area contributed by atoms with Crippen molar-refractivity contribution in [2.24, 2.45) is 35.0 Å². The maximum absolute atomic E-state index is 14.3. The van der Waals surface area contributed by atoms with Gasteiger partial charge >= 0.3 is 0 Å². The molecule has 2 bridgehead atoms. The van der Waals surface area contributed by atoms with Crippen molar-refractivity contribution >= 4 is 17.5 Å². The molecule has 0 aromatic heterocycles. The number of methoxy groups -OCH3 is 1. The number of hydrogen-bond acceptors (Lipinski definition) is 11. The average Bonchev–Trinajstić information content (AvgIpc) is 3.57. The van der Waals surface area contributed by atoms with Crippen LogP contribution in [0.3, 0.4) is 0 Å². The first kappa shape index (κ1) is 44.3. The van der Waals surface area contributed by atoms with E-state index in [0.29, 0.717) is 54.7 Å². The van der Waals surface area contributed by atoms with Crippen molar-refractivity contribution in [3.05, 3.63) is 47.5 Å². The van der Waals surface area contributed by atoms with E-state index in [9.17, 15) is 24.9 Å². The first-order valence-corrected chi connectivity index (χ1v) is 21.4. The van der Waals surface area contributed by atoms with Crippen LogP contribution in [0.2, 0.25) is 0 Å². The summed E-state index contributed by atoms with van der Waals surface area (Å²) < 4.78 is 11.7. The topological polar surface area (TPSA) is 156 Å². The van der Waals surface area contributed by atoms with Crippen molar-refractivity contribution in [3.63, 3.8) is 0 Å². The molecule has 58 heavy (non-hydrogen) atoms. The van der Waals surface area contributed by atoms with Crippen LogP contribution in [0.25, 0.3) is 11.1 Å². The largest absolute Gasteiger partial charge is 0.496 e. The number of morpholine rings is 1. The lowest BCUT2D eigenvalue weighted by Crippen LogP contribution is -2.62. The zero-order valence-corrected chi connectivity index (χ0v) is 35.9. The molecule has 2 aliphatic heterocycles. The number of carbonyl (C=O) groups is 2. The molecule has 2 amide bonds. The summed E-state index contributed by atoms with van der Waals surface area (Å²) in [5.74, 6) is 1.30. The van der Waals surface area contributed by atoms with Crippen LogP contribution in [0.5, 0.6) is 5.75 Å². The van der Waals surface area contributed by atoms with Crippen LogP contribution in [0.15, 0.2) is 36.4 Å². The standard InChI is InChI=1S/C45H69N5O8/c1-27(2)18-34(25-49-13-16-57-17-14-49)46-43(54)32-19-31(20-35(21-32)48(7)12-15-51)36-11-9-10-30(42(36)56-8)24-50-41(40(29(4)53)39(26-52)58-50)44(55)47-38-23-33-22-37(28(38)3)45(33,5)6/h9-11,19-21,27-29,33-34,37-41,51-53H,12-18,22-26H2,1-8H3,(H,46,54)(H,47,55)/t28-,29-,33+,34-,37-,38-,39-,40+,41-/m0/s1. The van der Waals surface area contributed by atoms with Crippen molar-refractivity contribution in [3.8, 4) is 16.9 Å². The number of amides is 2. The van der Waals surface area contributed by atoms with Gasteiger partial charge in [0.1, 0.15) is 17.9 Å². The van der Waals surface area contributed by atoms with Crippen LogP contribution < -0.4 is 20.3 Å². The van der Waals surface area contributed by atoms with Gasteiger partial charge in [-0.2, -0.15) is 5.06 Å². The Balaban J connectivity index is 1.29. The Labute approximate surface area is 345 Å². The Bertz CT molecular complexity index is 1720. The number of likely N-dealkylation sites (N-methyl/N-ethyl adjacent to an activating group) is 1. The molecule has 7 rings (SSSR count). The molecule has 5 aliphatic rings. The summed E-state index contributed by atoms with van der Waals surface area (Å²) in [6.45, 7) is 16.8. The summed E-state index contributed by atoms with van der Waals surface area (Å²) in [4.78, 5) is 39.1. The number of rotatable bonds is 17. The van der Waals surface area contributed by atoms with E-state index in [4.69, 9.17) is 14.3 Å². The van der Waals surface area contributed by atoms with E-state index in [1.165, 1.54) is 6.42 Å². The Hall–Kier alpha value is -3.30. The lowest BCUT2D eigenvalue weighted by Gasteiger charge is -2.62. The normalized spacial score (nSPS) is 28.1. The highest BCUT2D eigenvalue weighted by molar-refractivity contribution is 5.97. The van der Waals surface area contributed by atoms with Crippen LogP contribution in [-0.2, 0) is 20.9 Å². The number of fused-ring (bicyclic) bond motifs is 2. The molecular formula is C45H69N5O8. The Morgan fingerprint density at radius 1 is 1.09 bits per heavy atom. The van der Waals surface area contributed by atoms with Gasteiger partial charge in [-0.15, -0.1) is 0 Å². The number of hydrogen-bond donors (Lipinski definition) is 5. The van der Waals surface area contributed by atoms with Gasteiger partial charge in [0.15, 0.2) is 0 Å². The van der Waals surface area contributed by atoms with Gasteiger partial charge < -0.3 is 40.3 Å². The highest BCUT2D eigenvalue weighted by Gasteiger charge is 2.57. The predicted octanol–water partition coefficient (Wildman–Crippen LogP) is 3.93. The molecule has 3 saturated carbocycles. The minimum atomic E-state index is -0.917. The highest BCUT2D eigenvalue weighted by Crippen LogP contribution is 2.61. The van der Waals surface area contributed by atoms with Crippen LogP contribution in [0, 0.1) is 35.0 Å². The lowest BCUT2D eigenvalue weighted by molar-refractivity contribution is -0.183. The summed E-state index contributed by atoms with van der Waals surface area (Å²) in [5, 5.41) is 39.5. The first-order chi connectivity index (χ1) is 27.7. The van der Waals surface area contributed by atoms with E-state index in [1.54, 1.807) is 19.1 Å². The second kappa shape index (κ2) is 19.0. The Morgan fingerprint density at radius 3 is 2.45 bits per heavy atom. The van der Waals surface area contributed by atoms with Crippen LogP contribution in [0.1, 0.15) is 76.7 Å². The Kier molecular flexibility index (Phi) is 14.5. The number of nitrogens with one attached hydrogen (secondary N) is 2. The number of hydroxylamine groups is 2. The number of aliphatic hydroxyl groups is 3. The minimum Gasteiger partial charge on any atom is -0.496 e. The second-order valence-corrected chi connectivity index (χ2v) is 18.4. The third-order valence-corrected chi connectivity index (χ3v) is 13.7. The van der Waals surface area contributed by atoms with Crippen LogP contribution >= 0.6 is 0 Å². The fourth-order valence-electron chi connectivity index (χ4n) is 10.3. The molecule has 5 fully saturated rings. The first-order valence-electron chi connectivity index (χ1n) is 21.4. The molecule has 13 heteroatoms. The van der Waals surface area contributed by atoms with Gasteiger partial charge in [-0.3, -0.25) is 19.3 Å². The maximum Gasteiger partial charge on any atom is 0.251 e. The molecule has 322 valence electrons. The molecule has 3 aliphatic carbocycles. The van der Waals surface area contributed by atoms with Crippen molar-refractivity contribution < 1.29 is 39.2 Å². The summed E-state index contributed by atoms with van der Waals surface area (Å²) in [5.41, 5.74) is 3.75. The van der Waals surface area contributed by atoms with Crippen LogP contribution in [-0.4, -0.2) is 134 Å². The zero-order valence-electron chi connectivity index (χ0n) is 35.9. The van der Waals surface area contributed by atoms with Crippen LogP contribution in [0.4, 0.5) is 5.69 Å². The van der Waals surface area contributed by atoms with Crippen molar-refractivity contribution in [1.29, 1.82) is 0 Å². The molecule has 0 spiro atoms. The summed E-state index contributed by atoms with van der Waals surface area (Å²) in [6, 6.07) is 10.6. The number of carbonyl (C=O) groups excluding carboxylic acids is 2. The van der Waals surface area contributed by atoms with Crippen molar-refractivity contribution in [2.75, 3.05) is 71.7 Å². The predicted molar refractivity (Wildman–Crippen MR) is 224 cm³/mol. The minimum absolute atomic E-state index is 0.0227. The lowest BCUT2D eigenvalue weighted by atomic mass is 9.45. The summed E-state index contributed by atoms with van der Waals surface area (Å²) in [7, 11) is 3.48. The SMILES string of the molecule is COc1c(CN2O[C@@H](CO)[C@@H]([C@H](C)O)[C@H]2C(=O)N[C@H]2C[C@H]3C[C@@H]([C@@H]2C)C3(C)C)cccc1-c1cc(C(=O)N[C@@H](CC(C)C)CN2CCOCC2)cc(N(C)CCO)c1. The number of aliphatic hydroxyl groups excluding tert-OH is 3. The van der Waals surface area contributed by atoms with E-state index in [-0.39, 0.29) is 49.1 Å². The molecule has 2 aromatic rings. The van der Waals surface area contributed by atoms with Gasteiger partial charge in [0.25, 0.3) is 5.91 Å². The third kappa shape index (κ3) is 9.51. The number of nitrogens with zero attached hydrogens (tertiary/aromatic N) is 3. The quantitative estimate of drug-likeness (QED) is 0.158. The zero-order chi connectivity index (χ0) is 41.9. The average molecular weight is 808 g/mol. The van der Waals surface area contributed by atoms with Gasteiger partial charge in [-0.25, -0.2) is 0 Å². The van der Waals surface area contributed by atoms with E-state index in [1.807, 2.05) is 48.3 Å². The number of para-hydroxylation sites is 1. The molecule has 2 aromatic carbocycles. The number of ether oxygens (including phenoxy) is 2. The second-order valence-electron chi connectivity index (χ2n) is 18.4. The number of benzene rings is 2. The van der Waals surface area contributed by atoms with Gasteiger partial charge in [-0.05, 0) is 79.0 Å². The fourth-order valence-corrected chi connectivity index (χ4v) is 10.3. The van der Waals surface area contributed by atoms with E-state index >= 15 is 0 Å². The molecular weight excluding hydrogens is 739 g/mol. The fraction of sp³-hybridized carbons (Fsp3) is 0.689. The van der Waals surface area contributed by atoms with E-state index < -0.39 is 24.2 Å². The molecule has 5 N–H and O–H groups in total. The van der Waals surface area contributed by atoms with Gasteiger partial charge in [0.2, 0.25) is 5.91 Å². The van der Waals surface area contributed by atoms with Gasteiger partial charge in [0.05, 0.1) is 46.2 Å². The van der Waals surface area contributed by atoms with Crippen molar-refractivity contribution in [2.45, 2.75) is 97.7 Å². The van der Waals surface area contributed by atoms with Gasteiger partial charge in [0, 0.05) is 73.6 Å². The molecule has 0 radical (unpaired) electrons. The molecule has 13 nitrogen and oxygen atoms in total. The maximum atomic E-state index is 14.3. The van der Waals surface area contributed by atoms with Gasteiger partial charge in [-0.1, -0.05) is 52.8 Å². The third-order valence-electron chi connectivity index (χ3n) is 13.7. The smallest absolute Gasteiger partial charge is 0.251 e. The Morgan fingerprint density at radius 2 is 1.83 bits per heavy atom. The molecule has 9 atom stereocenters. The monoisotopic (exact) mass is 808 g/mol. The number of anilines is 1. The highest BCUT2D eigenvalue weighted by atomic mass is 16.7. The van der Waals surface area contributed by atoms with E-state index in [2.05, 4.69) is 50.2 Å². The summed E-state index contributed by atoms with van der Waals surface area (Å²) in [6.07, 6.45) is 1.25. The molecule has 0 unspecified atom stereocenters. The molecule has 2 saturated heterocycles. The van der Waals surface area contributed by atoms with Crippen molar-refractivity contribution in [1.82, 2.24) is 20.6 Å². The molecule has 2 heterocycles. The van der Waals surface area contributed by atoms with E-state index in [0.717, 1.165) is 54.9 Å². The summed E-state index contributed by atoms with van der Waals surface area (Å²) >= 11 is 0.